The van der Waals surface area contributed by atoms with E-state index < -0.39 is 12.0 Å². The van der Waals surface area contributed by atoms with Gasteiger partial charge in [0, 0.05) is 18.3 Å². The number of amides is 2. The maximum atomic E-state index is 12.5. The molecule has 2 N–H and O–H groups in total. The molecule has 2 amide bonds. The smallest absolute Gasteiger partial charge is 0.273 e. The predicted molar refractivity (Wildman–Crippen MR) is 86.2 cm³/mol. The maximum Gasteiger partial charge on any atom is 0.273 e. The highest BCUT2D eigenvalue weighted by molar-refractivity contribution is 7.09. The molecule has 23 heavy (non-hydrogen) atoms. The summed E-state index contributed by atoms with van der Waals surface area (Å²) in [6.07, 6.45) is -0.0404. The van der Waals surface area contributed by atoms with Crippen molar-refractivity contribution < 1.29 is 14.3 Å². The van der Waals surface area contributed by atoms with E-state index in [0.717, 1.165) is 10.6 Å². The van der Waals surface area contributed by atoms with Crippen LogP contribution in [0.25, 0.3) is 0 Å². The number of carbonyl (C=O) groups is 2. The number of carbonyl (C=O) groups excluding carboxylic acids is 2. The molecule has 7 heteroatoms. The molecule has 1 aliphatic heterocycles. The van der Waals surface area contributed by atoms with Crippen molar-refractivity contribution in [3.8, 4) is 0 Å². The molecule has 1 unspecified atom stereocenters. The minimum Gasteiger partial charge on any atom is -0.367 e. The van der Waals surface area contributed by atoms with Gasteiger partial charge >= 0.3 is 0 Å². The van der Waals surface area contributed by atoms with Gasteiger partial charge < -0.3 is 15.4 Å². The number of thiazole rings is 1. The van der Waals surface area contributed by atoms with Crippen LogP contribution < -0.4 is 5.73 Å². The van der Waals surface area contributed by atoms with Crippen molar-refractivity contribution in [3.63, 3.8) is 0 Å². The summed E-state index contributed by atoms with van der Waals surface area (Å²) in [5.41, 5.74) is 6.80. The zero-order valence-corrected chi connectivity index (χ0v) is 13.3. The van der Waals surface area contributed by atoms with Crippen molar-refractivity contribution in [1.29, 1.82) is 0 Å². The lowest BCUT2D eigenvalue weighted by Gasteiger charge is -2.30. The normalized spacial score (nSPS) is 17.9. The van der Waals surface area contributed by atoms with Crippen LogP contribution in [0.1, 0.15) is 21.1 Å². The lowest BCUT2D eigenvalue weighted by atomic mass is 10.2. The second-order valence-electron chi connectivity index (χ2n) is 5.30. The topological polar surface area (TPSA) is 85.5 Å². The monoisotopic (exact) mass is 331 g/mol. The van der Waals surface area contributed by atoms with E-state index >= 15 is 0 Å². The molecular weight excluding hydrogens is 314 g/mol. The number of nitrogens with zero attached hydrogens (tertiary/aromatic N) is 2. The zero-order valence-electron chi connectivity index (χ0n) is 12.5. The third-order valence-corrected chi connectivity index (χ3v) is 4.49. The summed E-state index contributed by atoms with van der Waals surface area (Å²) >= 11 is 1.46. The Kier molecular flexibility index (Phi) is 4.68. The van der Waals surface area contributed by atoms with Gasteiger partial charge in [0.2, 0.25) is 5.91 Å². The summed E-state index contributed by atoms with van der Waals surface area (Å²) in [6.45, 7) is 0.925. The van der Waals surface area contributed by atoms with Crippen LogP contribution in [-0.2, 0) is 16.0 Å². The largest absolute Gasteiger partial charge is 0.367 e. The van der Waals surface area contributed by atoms with E-state index in [1.807, 2.05) is 30.3 Å². The number of rotatable bonds is 4. The first kappa shape index (κ1) is 15.6. The molecule has 120 valence electrons. The summed E-state index contributed by atoms with van der Waals surface area (Å²) in [5.74, 6) is -0.736. The molecule has 0 saturated carbocycles. The second-order valence-corrected chi connectivity index (χ2v) is 6.24. The highest BCUT2D eigenvalue weighted by Gasteiger charge is 2.29. The van der Waals surface area contributed by atoms with Gasteiger partial charge in [-0.3, -0.25) is 9.59 Å². The molecule has 0 radical (unpaired) electrons. The van der Waals surface area contributed by atoms with Crippen molar-refractivity contribution >= 4 is 23.2 Å². The van der Waals surface area contributed by atoms with E-state index in [0.29, 0.717) is 25.3 Å². The Morgan fingerprint density at radius 2 is 2.13 bits per heavy atom. The standard InChI is InChI=1S/C16H17N3O3S/c17-15(20)13-9-19(6-7-22-13)16(21)12-10-23-14(18-12)8-11-4-2-1-3-5-11/h1-5,10,13H,6-9H2,(H2,17,20). The zero-order chi connectivity index (χ0) is 16.2. The molecule has 6 nitrogen and oxygen atoms in total. The van der Waals surface area contributed by atoms with Crippen LogP contribution in [0.15, 0.2) is 35.7 Å². The maximum absolute atomic E-state index is 12.5. The first-order valence-corrected chi connectivity index (χ1v) is 8.20. The Bertz CT molecular complexity index is 702. The van der Waals surface area contributed by atoms with Crippen LogP contribution in [-0.4, -0.2) is 47.5 Å². The third-order valence-electron chi connectivity index (χ3n) is 3.64. The number of hydrogen-bond donors (Lipinski definition) is 1. The van der Waals surface area contributed by atoms with Crippen LogP contribution >= 0.6 is 11.3 Å². The Morgan fingerprint density at radius 3 is 2.87 bits per heavy atom. The van der Waals surface area contributed by atoms with Crippen LogP contribution in [0.3, 0.4) is 0 Å². The highest BCUT2D eigenvalue weighted by atomic mass is 32.1. The average molecular weight is 331 g/mol. The Labute approximate surface area is 137 Å². The summed E-state index contributed by atoms with van der Waals surface area (Å²) in [4.78, 5) is 29.7. The first-order valence-electron chi connectivity index (χ1n) is 7.32. The molecule has 0 bridgehead atoms. The van der Waals surface area contributed by atoms with Crippen molar-refractivity contribution in [2.75, 3.05) is 19.7 Å². The third kappa shape index (κ3) is 3.75. The molecule has 0 aliphatic carbocycles. The van der Waals surface area contributed by atoms with E-state index in [-0.39, 0.29) is 12.5 Å². The fraction of sp³-hybridized carbons (Fsp3) is 0.312. The van der Waals surface area contributed by atoms with Crippen LogP contribution in [0, 0.1) is 0 Å². The SMILES string of the molecule is NC(=O)C1CN(C(=O)c2csc(Cc3ccccc3)n2)CCO1. The Hall–Kier alpha value is -2.25. The molecule has 1 saturated heterocycles. The summed E-state index contributed by atoms with van der Waals surface area (Å²) < 4.78 is 5.25. The van der Waals surface area contributed by atoms with Gasteiger partial charge in [-0.25, -0.2) is 4.98 Å². The van der Waals surface area contributed by atoms with Crippen LogP contribution in [0.4, 0.5) is 0 Å². The van der Waals surface area contributed by atoms with Gasteiger partial charge in [-0.05, 0) is 5.56 Å². The number of nitrogens with two attached hydrogens (primary N) is 1. The van der Waals surface area contributed by atoms with Crippen molar-refractivity contribution in [1.82, 2.24) is 9.88 Å². The van der Waals surface area contributed by atoms with E-state index in [1.165, 1.54) is 11.3 Å². The first-order chi connectivity index (χ1) is 11.1. The lowest BCUT2D eigenvalue weighted by Crippen LogP contribution is -2.50. The molecule has 2 aromatic rings. The number of morpholine rings is 1. The average Bonchev–Trinajstić information content (AvgIpc) is 3.03. The molecule has 1 aromatic heterocycles. The van der Waals surface area contributed by atoms with Gasteiger partial charge in [0.05, 0.1) is 18.2 Å². The van der Waals surface area contributed by atoms with Crippen LogP contribution in [0.5, 0.6) is 0 Å². The molecular formula is C16H17N3O3S. The number of ether oxygens (including phenoxy) is 1. The van der Waals surface area contributed by atoms with Gasteiger partial charge in [-0.15, -0.1) is 11.3 Å². The molecule has 2 heterocycles. The summed E-state index contributed by atoms with van der Waals surface area (Å²) in [6, 6.07) is 9.98. The molecule has 1 aliphatic rings. The minimum atomic E-state index is -0.741. The second kappa shape index (κ2) is 6.89. The predicted octanol–water partition coefficient (Wildman–Crippen LogP) is 1.06. The fourth-order valence-electron chi connectivity index (χ4n) is 2.43. The van der Waals surface area contributed by atoms with Crippen LogP contribution in [0.2, 0.25) is 0 Å². The lowest BCUT2D eigenvalue weighted by molar-refractivity contribution is -0.133. The molecule has 1 fully saturated rings. The van der Waals surface area contributed by atoms with Gasteiger partial charge in [0.25, 0.3) is 5.91 Å². The van der Waals surface area contributed by atoms with Gasteiger partial charge in [-0.1, -0.05) is 30.3 Å². The van der Waals surface area contributed by atoms with E-state index in [9.17, 15) is 9.59 Å². The summed E-state index contributed by atoms with van der Waals surface area (Å²) in [5, 5.41) is 2.65. The van der Waals surface area contributed by atoms with E-state index in [2.05, 4.69) is 4.98 Å². The van der Waals surface area contributed by atoms with Gasteiger partial charge in [0.1, 0.15) is 5.69 Å². The number of primary amides is 1. The van der Waals surface area contributed by atoms with Gasteiger partial charge in [-0.2, -0.15) is 0 Å². The summed E-state index contributed by atoms with van der Waals surface area (Å²) in [7, 11) is 0. The Balaban J connectivity index is 1.67. The fourth-order valence-corrected chi connectivity index (χ4v) is 3.23. The van der Waals surface area contributed by atoms with Crippen molar-refractivity contribution in [2.45, 2.75) is 12.5 Å². The van der Waals surface area contributed by atoms with Gasteiger partial charge in [0.15, 0.2) is 6.10 Å². The van der Waals surface area contributed by atoms with E-state index in [4.69, 9.17) is 10.5 Å². The number of hydrogen-bond acceptors (Lipinski definition) is 5. The molecule has 3 rings (SSSR count). The Morgan fingerprint density at radius 1 is 1.35 bits per heavy atom. The highest BCUT2D eigenvalue weighted by Crippen LogP contribution is 2.17. The minimum absolute atomic E-state index is 0.180. The molecule has 0 spiro atoms. The van der Waals surface area contributed by atoms with Crippen molar-refractivity contribution in [3.05, 3.63) is 52.0 Å². The molecule has 1 aromatic carbocycles. The molecule has 1 atom stereocenters. The van der Waals surface area contributed by atoms with Crippen molar-refractivity contribution in [2.24, 2.45) is 5.73 Å². The number of benzene rings is 1. The quantitative estimate of drug-likeness (QED) is 0.908. The van der Waals surface area contributed by atoms with E-state index in [1.54, 1.807) is 10.3 Å². The number of aromatic nitrogens is 1.